The summed E-state index contributed by atoms with van der Waals surface area (Å²) in [5.74, 6) is 2.61. The standard InChI is InChI=1S/C14H19NOS/c1-3-14(16)12-4-6-13(7-5-12)15-8-9-17-10-11(15)2/h4-7,11H,3,8-10H2,1-2H3. The van der Waals surface area contributed by atoms with Crippen LogP contribution in [0.5, 0.6) is 0 Å². The van der Waals surface area contributed by atoms with Gasteiger partial charge in [0.1, 0.15) is 0 Å². The van der Waals surface area contributed by atoms with Crippen LogP contribution in [0.25, 0.3) is 0 Å². The van der Waals surface area contributed by atoms with Crippen molar-refractivity contribution in [3.8, 4) is 0 Å². The summed E-state index contributed by atoms with van der Waals surface area (Å²) >= 11 is 2.02. The average molecular weight is 249 g/mol. The van der Waals surface area contributed by atoms with E-state index in [9.17, 15) is 4.79 Å². The molecule has 3 heteroatoms. The lowest BCUT2D eigenvalue weighted by atomic mass is 10.1. The van der Waals surface area contributed by atoms with Crippen LogP contribution in [0.4, 0.5) is 5.69 Å². The number of nitrogens with zero attached hydrogens (tertiary/aromatic N) is 1. The van der Waals surface area contributed by atoms with E-state index in [0.717, 1.165) is 12.1 Å². The summed E-state index contributed by atoms with van der Waals surface area (Å²) in [6.07, 6.45) is 0.579. The number of hydrogen-bond donors (Lipinski definition) is 0. The Hall–Kier alpha value is -0.960. The van der Waals surface area contributed by atoms with E-state index in [1.54, 1.807) is 0 Å². The molecule has 1 unspecified atom stereocenters. The third kappa shape index (κ3) is 2.83. The lowest BCUT2D eigenvalue weighted by Gasteiger charge is -2.35. The number of hydrogen-bond acceptors (Lipinski definition) is 3. The third-order valence-corrected chi connectivity index (χ3v) is 4.40. The summed E-state index contributed by atoms with van der Waals surface area (Å²) < 4.78 is 0. The number of carbonyl (C=O) groups is 1. The van der Waals surface area contributed by atoms with Crippen molar-refractivity contribution in [2.75, 3.05) is 23.0 Å². The number of benzene rings is 1. The fraction of sp³-hybridized carbons (Fsp3) is 0.500. The topological polar surface area (TPSA) is 20.3 Å². The molecule has 0 aromatic heterocycles. The number of rotatable bonds is 3. The van der Waals surface area contributed by atoms with Gasteiger partial charge < -0.3 is 4.90 Å². The molecular formula is C14H19NOS. The Bertz CT molecular complexity index is 388. The number of anilines is 1. The van der Waals surface area contributed by atoms with Crippen LogP contribution in [0.15, 0.2) is 24.3 Å². The fourth-order valence-corrected chi connectivity index (χ4v) is 3.17. The second-order valence-electron chi connectivity index (χ2n) is 4.44. The summed E-state index contributed by atoms with van der Waals surface area (Å²) in [6, 6.07) is 8.65. The third-order valence-electron chi connectivity index (χ3n) is 3.21. The fourth-order valence-electron chi connectivity index (χ4n) is 2.15. The Kier molecular flexibility index (Phi) is 4.11. The molecule has 2 nitrogen and oxygen atoms in total. The van der Waals surface area contributed by atoms with E-state index < -0.39 is 0 Å². The minimum absolute atomic E-state index is 0.221. The Morgan fingerprint density at radius 1 is 1.41 bits per heavy atom. The van der Waals surface area contributed by atoms with E-state index in [2.05, 4.69) is 24.0 Å². The Morgan fingerprint density at radius 3 is 2.71 bits per heavy atom. The summed E-state index contributed by atoms with van der Waals surface area (Å²) in [5, 5.41) is 0. The van der Waals surface area contributed by atoms with Gasteiger partial charge in [0.05, 0.1) is 0 Å². The highest BCUT2D eigenvalue weighted by Crippen LogP contribution is 2.24. The smallest absolute Gasteiger partial charge is 0.162 e. The molecule has 2 rings (SSSR count). The average Bonchev–Trinajstić information content (AvgIpc) is 2.39. The zero-order valence-electron chi connectivity index (χ0n) is 10.5. The van der Waals surface area contributed by atoms with Crippen LogP contribution in [0.1, 0.15) is 30.6 Å². The Balaban J connectivity index is 2.14. The van der Waals surface area contributed by atoms with Crippen LogP contribution in [0, 0.1) is 0 Å². The molecule has 1 heterocycles. The molecule has 1 aromatic rings. The second kappa shape index (κ2) is 5.58. The molecule has 0 saturated carbocycles. The molecule has 0 aliphatic carbocycles. The monoisotopic (exact) mass is 249 g/mol. The van der Waals surface area contributed by atoms with E-state index in [0.29, 0.717) is 12.5 Å². The second-order valence-corrected chi connectivity index (χ2v) is 5.59. The molecule has 0 N–H and O–H groups in total. The summed E-state index contributed by atoms with van der Waals surface area (Å²) in [5.41, 5.74) is 2.07. The first-order chi connectivity index (χ1) is 8.22. The first-order valence-electron chi connectivity index (χ1n) is 6.20. The van der Waals surface area contributed by atoms with Crippen LogP contribution in [0.3, 0.4) is 0 Å². The van der Waals surface area contributed by atoms with Gasteiger partial charge >= 0.3 is 0 Å². The van der Waals surface area contributed by atoms with Crippen LogP contribution in [-0.4, -0.2) is 29.9 Å². The van der Waals surface area contributed by atoms with Gasteiger partial charge in [-0.25, -0.2) is 0 Å². The number of Topliss-reactive ketones (excluding diaryl/α,β-unsaturated/α-hetero) is 1. The van der Waals surface area contributed by atoms with E-state index in [-0.39, 0.29) is 5.78 Å². The normalized spacial score (nSPS) is 20.4. The Labute approximate surface area is 107 Å². The zero-order valence-corrected chi connectivity index (χ0v) is 11.3. The maximum absolute atomic E-state index is 11.5. The molecule has 17 heavy (non-hydrogen) atoms. The van der Waals surface area contributed by atoms with Crippen molar-refractivity contribution in [1.29, 1.82) is 0 Å². The molecular weight excluding hydrogens is 230 g/mol. The van der Waals surface area contributed by atoms with Gasteiger partial charge in [-0.15, -0.1) is 0 Å². The van der Waals surface area contributed by atoms with Gasteiger partial charge in [0, 0.05) is 41.8 Å². The van der Waals surface area contributed by atoms with Gasteiger partial charge in [-0.05, 0) is 31.2 Å². The van der Waals surface area contributed by atoms with Crippen molar-refractivity contribution in [2.45, 2.75) is 26.3 Å². The van der Waals surface area contributed by atoms with Gasteiger partial charge in [-0.2, -0.15) is 11.8 Å². The van der Waals surface area contributed by atoms with Gasteiger partial charge in [0.15, 0.2) is 5.78 Å². The molecule has 0 spiro atoms. The van der Waals surface area contributed by atoms with E-state index in [1.165, 1.54) is 17.2 Å². The highest BCUT2D eigenvalue weighted by molar-refractivity contribution is 7.99. The van der Waals surface area contributed by atoms with Gasteiger partial charge in [0.2, 0.25) is 0 Å². The first-order valence-corrected chi connectivity index (χ1v) is 7.35. The van der Waals surface area contributed by atoms with Gasteiger partial charge in [-0.3, -0.25) is 4.79 Å². The summed E-state index contributed by atoms with van der Waals surface area (Å²) in [4.78, 5) is 14.0. The van der Waals surface area contributed by atoms with Crippen molar-refractivity contribution in [3.05, 3.63) is 29.8 Å². The summed E-state index contributed by atoms with van der Waals surface area (Å²) in [7, 11) is 0. The minimum atomic E-state index is 0.221. The number of ketones is 1. The van der Waals surface area contributed by atoms with Crippen LogP contribution in [0.2, 0.25) is 0 Å². The lowest BCUT2D eigenvalue weighted by molar-refractivity contribution is 0.0988. The molecule has 0 bridgehead atoms. The molecule has 1 atom stereocenters. The molecule has 1 saturated heterocycles. The largest absolute Gasteiger partial charge is 0.367 e. The van der Waals surface area contributed by atoms with Crippen molar-refractivity contribution in [2.24, 2.45) is 0 Å². The zero-order chi connectivity index (χ0) is 12.3. The van der Waals surface area contributed by atoms with Crippen LogP contribution < -0.4 is 4.90 Å². The molecule has 92 valence electrons. The molecule has 0 amide bonds. The predicted molar refractivity (Wildman–Crippen MR) is 75.2 cm³/mol. The van der Waals surface area contributed by atoms with Gasteiger partial charge in [-0.1, -0.05) is 6.92 Å². The van der Waals surface area contributed by atoms with E-state index in [4.69, 9.17) is 0 Å². The molecule has 1 fully saturated rings. The maximum Gasteiger partial charge on any atom is 0.162 e. The molecule has 1 aromatic carbocycles. The highest BCUT2D eigenvalue weighted by Gasteiger charge is 2.18. The molecule has 1 aliphatic heterocycles. The summed E-state index contributed by atoms with van der Waals surface area (Å²) in [6.45, 7) is 5.27. The van der Waals surface area contributed by atoms with Crippen molar-refractivity contribution in [3.63, 3.8) is 0 Å². The predicted octanol–water partition coefficient (Wildman–Crippen LogP) is 3.22. The van der Waals surface area contributed by atoms with Crippen molar-refractivity contribution < 1.29 is 4.79 Å². The minimum Gasteiger partial charge on any atom is -0.367 e. The van der Waals surface area contributed by atoms with Crippen molar-refractivity contribution >= 4 is 23.2 Å². The SMILES string of the molecule is CCC(=O)c1ccc(N2CCSCC2C)cc1. The quantitative estimate of drug-likeness (QED) is 0.767. The van der Waals surface area contributed by atoms with E-state index >= 15 is 0 Å². The van der Waals surface area contributed by atoms with Crippen LogP contribution in [-0.2, 0) is 0 Å². The van der Waals surface area contributed by atoms with E-state index in [1.807, 2.05) is 30.8 Å². The van der Waals surface area contributed by atoms with Gasteiger partial charge in [0.25, 0.3) is 0 Å². The Morgan fingerprint density at radius 2 is 2.12 bits per heavy atom. The number of carbonyl (C=O) groups excluding carboxylic acids is 1. The lowest BCUT2D eigenvalue weighted by Crippen LogP contribution is -2.40. The van der Waals surface area contributed by atoms with Crippen molar-refractivity contribution in [1.82, 2.24) is 0 Å². The maximum atomic E-state index is 11.5. The molecule has 1 aliphatic rings. The first kappa shape index (κ1) is 12.5. The number of thioether (sulfide) groups is 1. The molecule has 0 radical (unpaired) electrons. The van der Waals surface area contributed by atoms with Crippen LogP contribution >= 0.6 is 11.8 Å². The highest BCUT2D eigenvalue weighted by atomic mass is 32.2.